The number of carbonyl (C=O) groups excluding carboxylic acids is 1. The van der Waals surface area contributed by atoms with Gasteiger partial charge in [-0.15, -0.1) is 0 Å². The van der Waals surface area contributed by atoms with Crippen LogP contribution in [0.1, 0.15) is 69.8 Å². The van der Waals surface area contributed by atoms with E-state index in [9.17, 15) is 4.79 Å². The second kappa shape index (κ2) is 8.90. The molecule has 1 saturated heterocycles. The molecule has 0 N–H and O–H groups in total. The number of piperidine rings is 1. The maximum absolute atomic E-state index is 12.8. The van der Waals surface area contributed by atoms with Gasteiger partial charge in [-0.25, -0.2) is 4.98 Å². The van der Waals surface area contributed by atoms with E-state index >= 15 is 0 Å². The predicted octanol–water partition coefficient (Wildman–Crippen LogP) is 4.11. The lowest BCUT2D eigenvalue weighted by Gasteiger charge is -2.35. The summed E-state index contributed by atoms with van der Waals surface area (Å²) in [6, 6.07) is 4.34. The third kappa shape index (κ3) is 4.46. The van der Waals surface area contributed by atoms with Crippen LogP contribution in [-0.4, -0.2) is 41.5 Å². The molecule has 4 nitrogen and oxygen atoms in total. The maximum Gasteiger partial charge on any atom is 0.272 e. The normalized spacial score (nSPS) is 18.0. The summed E-state index contributed by atoms with van der Waals surface area (Å²) in [7, 11) is 0. The van der Waals surface area contributed by atoms with Crippen LogP contribution in [0.15, 0.2) is 18.3 Å². The number of carbonyl (C=O) groups is 1. The van der Waals surface area contributed by atoms with Crippen molar-refractivity contribution in [2.24, 2.45) is 0 Å². The standard InChI is InChI=1S/C19H31N3O/c1-4-12-21(13-5-2)17-10-11-18(20-15-17)19(23)22-14-8-7-9-16(22)6-3/h10-11,15-16H,4-9,12-14H2,1-3H3. The Bertz CT molecular complexity index is 480. The zero-order valence-corrected chi connectivity index (χ0v) is 14.9. The lowest BCUT2D eigenvalue weighted by Crippen LogP contribution is -2.43. The van der Waals surface area contributed by atoms with Gasteiger partial charge in [-0.3, -0.25) is 4.79 Å². The van der Waals surface area contributed by atoms with Crippen LogP contribution in [0, 0.1) is 0 Å². The molecule has 1 aliphatic rings. The molecule has 0 spiro atoms. The summed E-state index contributed by atoms with van der Waals surface area (Å²) in [6.07, 6.45) is 8.60. The Kier molecular flexibility index (Phi) is 6.87. The molecule has 128 valence electrons. The zero-order valence-electron chi connectivity index (χ0n) is 14.9. The average molecular weight is 317 g/mol. The highest BCUT2D eigenvalue weighted by Gasteiger charge is 2.26. The van der Waals surface area contributed by atoms with Crippen LogP contribution in [0.25, 0.3) is 0 Å². The van der Waals surface area contributed by atoms with E-state index in [-0.39, 0.29) is 5.91 Å². The molecular weight excluding hydrogens is 286 g/mol. The van der Waals surface area contributed by atoms with E-state index in [0.29, 0.717) is 11.7 Å². The fourth-order valence-electron chi connectivity index (χ4n) is 3.45. The van der Waals surface area contributed by atoms with Crippen LogP contribution in [0.4, 0.5) is 5.69 Å². The Labute approximate surface area is 140 Å². The van der Waals surface area contributed by atoms with Crippen molar-refractivity contribution >= 4 is 11.6 Å². The van der Waals surface area contributed by atoms with Crippen molar-refractivity contribution in [3.8, 4) is 0 Å². The number of amides is 1. The van der Waals surface area contributed by atoms with Crippen molar-refractivity contribution in [2.45, 2.75) is 65.3 Å². The second-order valence-electron chi connectivity index (χ2n) is 6.45. The van der Waals surface area contributed by atoms with Crippen molar-refractivity contribution < 1.29 is 4.79 Å². The number of likely N-dealkylation sites (tertiary alicyclic amines) is 1. The number of anilines is 1. The highest BCUT2D eigenvalue weighted by Crippen LogP contribution is 2.22. The number of aromatic nitrogens is 1. The topological polar surface area (TPSA) is 36.4 Å². The van der Waals surface area contributed by atoms with Crippen molar-refractivity contribution in [1.82, 2.24) is 9.88 Å². The number of nitrogens with zero attached hydrogens (tertiary/aromatic N) is 3. The van der Waals surface area contributed by atoms with Gasteiger partial charge in [0.05, 0.1) is 11.9 Å². The van der Waals surface area contributed by atoms with E-state index in [1.807, 2.05) is 17.2 Å². The molecule has 23 heavy (non-hydrogen) atoms. The van der Waals surface area contributed by atoms with Gasteiger partial charge in [-0.05, 0) is 50.7 Å². The smallest absolute Gasteiger partial charge is 0.272 e. The zero-order chi connectivity index (χ0) is 16.7. The first-order valence-corrected chi connectivity index (χ1v) is 9.23. The lowest BCUT2D eigenvalue weighted by molar-refractivity contribution is 0.0602. The third-order valence-electron chi connectivity index (χ3n) is 4.68. The first kappa shape index (κ1) is 17.8. The van der Waals surface area contributed by atoms with E-state index in [0.717, 1.165) is 57.4 Å². The van der Waals surface area contributed by atoms with E-state index in [1.54, 1.807) is 0 Å². The maximum atomic E-state index is 12.8. The van der Waals surface area contributed by atoms with Crippen molar-refractivity contribution in [3.63, 3.8) is 0 Å². The Balaban J connectivity index is 2.09. The van der Waals surface area contributed by atoms with Gasteiger partial charge in [0.15, 0.2) is 0 Å². The van der Waals surface area contributed by atoms with E-state index < -0.39 is 0 Å². The summed E-state index contributed by atoms with van der Waals surface area (Å²) in [5.74, 6) is 0.0978. The molecule has 0 aliphatic carbocycles. The second-order valence-corrected chi connectivity index (χ2v) is 6.45. The number of rotatable bonds is 7. The lowest BCUT2D eigenvalue weighted by atomic mass is 9.99. The van der Waals surface area contributed by atoms with Gasteiger partial charge in [0.1, 0.15) is 5.69 Å². The summed E-state index contributed by atoms with van der Waals surface area (Å²) in [6.45, 7) is 9.49. The highest BCUT2D eigenvalue weighted by atomic mass is 16.2. The molecule has 1 aromatic rings. The van der Waals surface area contributed by atoms with E-state index in [4.69, 9.17) is 0 Å². The molecule has 2 rings (SSSR count). The number of hydrogen-bond donors (Lipinski definition) is 0. The van der Waals surface area contributed by atoms with E-state index in [1.165, 1.54) is 6.42 Å². The molecule has 0 radical (unpaired) electrons. The number of pyridine rings is 1. The molecule has 0 bridgehead atoms. The molecule has 4 heteroatoms. The largest absolute Gasteiger partial charge is 0.370 e. The fourth-order valence-corrected chi connectivity index (χ4v) is 3.45. The Morgan fingerprint density at radius 2 is 1.96 bits per heavy atom. The Morgan fingerprint density at radius 3 is 2.52 bits per heavy atom. The molecular formula is C19H31N3O. The van der Waals surface area contributed by atoms with Gasteiger partial charge >= 0.3 is 0 Å². The molecule has 1 atom stereocenters. The minimum atomic E-state index is 0.0978. The molecule has 0 saturated carbocycles. The van der Waals surface area contributed by atoms with Crippen LogP contribution in [-0.2, 0) is 0 Å². The van der Waals surface area contributed by atoms with Gasteiger partial charge in [0.2, 0.25) is 0 Å². The molecule has 2 heterocycles. The quantitative estimate of drug-likeness (QED) is 0.759. The van der Waals surface area contributed by atoms with Crippen molar-refractivity contribution in [3.05, 3.63) is 24.0 Å². The first-order chi connectivity index (χ1) is 11.2. The minimum Gasteiger partial charge on any atom is -0.370 e. The SMILES string of the molecule is CCCN(CCC)c1ccc(C(=O)N2CCCCC2CC)nc1. The summed E-state index contributed by atoms with van der Waals surface area (Å²) in [5.41, 5.74) is 1.71. The van der Waals surface area contributed by atoms with Crippen molar-refractivity contribution in [2.75, 3.05) is 24.5 Å². The van der Waals surface area contributed by atoms with Crippen LogP contribution in [0.2, 0.25) is 0 Å². The van der Waals surface area contributed by atoms with Gasteiger partial charge < -0.3 is 9.80 Å². The molecule has 1 aromatic heterocycles. The van der Waals surface area contributed by atoms with Crippen molar-refractivity contribution in [1.29, 1.82) is 0 Å². The average Bonchev–Trinajstić information content (AvgIpc) is 2.61. The molecule has 1 aliphatic heterocycles. The fraction of sp³-hybridized carbons (Fsp3) is 0.684. The summed E-state index contributed by atoms with van der Waals surface area (Å²) in [5, 5.41) is 0. The van der Waals surface area contributed by atoms with Gasteiger partial charge in [0, 0.05) is 25.7 Å². The van der Waals surface area contributed by atoms with Gasteiger partial charge in [-0.1, -0.05) is 20.8 Å². The number of hydrogen-bond acceptors (Lipinski definition) is 3. The Hall–Kier alpha value is -1.58. The van der Waals surface area contributed by atoms with Gasteiger partial charge in [0.25, 0.3) is 5.91 Å². The molecule has 0 aromatic carbocycles. The van der Waals surface area contributed by atoms with E-state index in [2.05, 4.69) is 36.7 Å². The third-order valence-corrected chi connectivity index (χ3v) is 4.68. The highest BCUT2D eigenvalue weighted by molar-refractivity contribution is 5.92. The first-order valence-electron chi connectivity index (χ1n) is 9.23. The molecule has 1 fully saturated rings. The predicted molar refractivity (Wildman–Crippen MR) is 96.0 cm³/mol. The summed E-state index contributed by atoms with van der Waals surface area (Å²) < 4.78 is 0. The molecule has 1 unspecified atom stereocenters. The van der Waals surface area contributed by atoms with Crippen LogP contribution < -0.4 is 4.90 Å². The van der Waals surface area contributed by atoms with Crippen LogP contribution in [0.5, 0.6) is 0 Å². The van der Waals surface area contributed by atoms with Crippen LogP contribution in [0.3, 0.4) is 0 Å². The molecule has 1 amide bonds. The Morgan fingerprint density at radius 1 is 1.22 bits per heavy atom. The van der Waals surface area contributed by atoms with Gasteiger partial charge in [-0.2, -0.15) is 0 Å². The summed E-state index contributed by atoms with van der Waals surface area (Å²) in [4.78, 5) is 21.6. The minimum absolute atomic E-state index is 0.0978. The monoisotopic (exact) mass is 317 g/mol. The van der Waals surface area contributed by atoms with Crippen LogP contribution >= 0.6 is 0 Å². The summed E-state index contributed by atoms with van der Waals surface area (Å²) >= 11 is 0.